The van der Waals surface area contributed by atoms with Gasteiger partial charge in [-0.05, 0) is 60.7 Å². The average Bonchev–Trinajstić information content (AvgIpc) is 3.48. The highest BCUT2D eigenvalue weighted by Gasteiger charge is 2.20. The van der Waals surface area contributed by atoms with Crippen molar-refractivity contribution >= 4 is 5.69 Å². The first-order valence-corrected chi connectivity index (χ1v) is 13.9. The van der Waals surface area contributed by atoms with E-state index < -0.39 is 0 Å². The number of aromatic nitrogens is 2. The molecule has 0 radical (unpaired) electrons. The van der Waals surface area contributed by atoms with Gasteiger partial charge in [0.15, 0.2) is 11.5 Å². The van der Waals surface area contributed by atoms with Crippen molar-refractivity contribution in [3.63, 3.8) is 0 Å². The summed E-state index contributed by atoms with van der Waals surface area (Å²) < 4.78 is 18.3. The van der Waals surface area contributed by atoms with Gasteiger partial charge in [-0.25, -0.2) is 4.98 Å². The van der Waals surface area contributed by atoms with Gasteiger partial charge in [-0.3, -0.25) is 0 Å². The van der Waals surface area contributed by atoms with Crippen LogP contribution in [0, 0.1) is 0 Å². The molecule has 2 N–H and O–H groups in total. The van der Waals surface area contributed by atoms with Crippen LogP contribution in [0.15, 0.2) is 127 Å². The second-order valence-electron chi connectivity index (χ2n) is 10.1. The maximum Gasteiger partial charge on any atom is 0.202 e. The van der Waals surface area contributed by atoms with E-state index in [1.54, 1.807) is 12.1 Å². The molecule has 0 spiro atoms. The minimum atomic E-state index is -0.116. The lowest BCUT2D eigenvalue weighted by Crippen LogP contribution is -2.08. The lowest BCUT2D eigenvalue weighted by molar-refractivity contribution is 0.302. The molecular weight excluding hydrogens is 538 g/mol. The number of phenolic OH excluding ortho intramolecular Hbond substituents is 1. The zero-order valence-corrected chi connectivity index (χ0v) is 23.9. The molecule has 0 aliphatic carbocycles. The van der Waals surface area contributed by atoms with Crippen LogP contribution >= 0.6 is 0 Å². The van der Waals surface area contributed by atoms with Gasteiger partial charge in [-0.15, -0.1) is 0 Å². The molecule has 1 aromatic heterocycles. The predicted molar refractivity (Wildman–Crippen MR) is 169 cm³/mol. The molecule has 0 saturated carbocycles. The Bertz CT molecular complexity index is 1720. The lowest BCUT2D eigenvalue weighted by atomic mass is 10.1. The number of nitrogens with zero attached hydrogens (tertiary/aromatic N) is 2. The summed E-state index contributed by atoms with van der Waals surface area (Å²) in [4.78, 5) is 10.5. The van der Waals surface area contributed by atoms with Gasteiger partial charge in [0, 0.05) is 30.9 Å². The minimum absolute atomic E-state index is 0.116. The van der Waals surface area contributed by atoms with Crippen LogP contribution in [0.25, 0.3) is 22.6 Å². The summed E-state index contributed by atoms with van der Waals surface area (Å²) >= 11 is 0. The first-order valence-electron chi connectivity index (χ1n) is 13.9. The number of hydrogen-bond acceptors (Lipinski definition) is 6. The number of ether oxygens (including phenoxy) is 3. The van der Waals surface area contributed by atoms with Crippen LogP contribution in [0.2, 0.25) is 0 Å². The molecule has 0 aliphatic rings. The number of anilines is 1. The maximum absolute atomic E-state index is 11.2. The van der Waals surface area contributed by atoms with Crippen LogP contribution in [0.4, 0.5) is 5.69 Å². The molecule has 0 amide bonds. The van der Waals surface area contributed by atoms with E-state index in [-0.39, 0.29) is 23.9 Å². The summed E-state index contributed by atoms with van der Waals surface area (Å²) in [5, 5.41) is 11.2. The zero-order valence-electron chi connectivity index (χ0n) is 23.9. The molecule has 6 rings (SSSR count). The van der Waals surface area contributed by atoms with E-state index in [9.17, 15) is 5.11 Å². The summed E-state index contributed by atoms with van der Waals surface area (Å²) in [6.07, 6.45) is 0. The number of rotatable bonds is 10. The molecule has 0 fully saturated rings. The Labute approximate surface area is 250 Å². The van der Waals surface area contributed by atoms with Crippen molar-refractivity contribution in [2.45, 2.75) is 6.61 Å². The minimum Gasteiger partial charge on any atom is -0.502 e. The molecule has 6 aromatic rings. The number of para-hydroxylation sites is 3. The van der Waals surface area contributed by atoms with Gasteiger partial charge in [0.25, 0.3) is 0 Å². The molecule has 7 nitrogen and oxygen atoms in total. The van der Waals surface area contributed by atoms with Gasteiger partial charge < -0.3 is 29.2 Å². The van der Waals surface area contributed by atoms with Crippen LogP contribution in [0.5, 0.6) is 34.5 Å². The summed E-state index contributed by atoms with van der Waals surface area (Å²) in [5.74, 6) is 2.86. The van der Waals surface area contributed by atoms with Crippen LogP contribution in [-0.2, 0) is 6.61 Å². The Balaban J connectivity index is 1.43. The van der Waals surface area contributed by atoms with Crippen molar-refractivity contribution < 1.29 is 19.3 Å². The van der Waals surface area contributed by atoms with Crippen LogP contribution in [0.1, 0.15) is 5.69 Å². The smallest absolute Gasteiger partial charge is 0.202 e. The molecule has 214 valence electrons. The van der Waals surface area contributed by atoms with E-state index in [0.717, 1.165) is 28.4 Å². The van der Waals surface area contributed by atoms with Crippen molar-refractivity contribution in [2.75, 3.05) is 19.0 Å². The predicted octanol–water partition coefficient (Wildman–Crippen LogP) is 8.68. The summed E-state index contributed by atoms with van der Waals surface area (Å²) in [7, 11) is 4.02. The first-order chi connectivity index (χ1) is 21.0. The number of H-pyrrole nitrogens is 1. The van der Waals surface area contributed by atoms with Crippen molar-refractivity contribution in [3.05, 3.63) is 133 Å². The molecule has 5 aromatic carbocycles. The highest BCUT2D eigenvalue weighted by molar-refractivity contribution is 5.72. The monoisotopic (exact) mass is 569 g/mol. The Morgan fingerprint density at radius 2 is 1.16 bits per heavy atom. The summed E-state index contributed by atoms with van der Waals surface area (Å²) in [6, 6.07) is 40.0. The fourth-order valence-corrected chi connectivity index (χ4v) is 4.59. The van der Waals surface area contributed by atoms with Gasteiger partial charge >= 0.3 is 0 Å². The number of imidazole rings is 1. The topological polar surface area (TPSA) is 79.8 Å². The molecule has 1 heterocycles. The van der Waals surface area contributed by atoms with E-state index in [2.05, 4.69) is 34.1 Å². The standard InChI is InChI=1S/C36H31N3O4/c1-39(2)27-20-18-25(19-21-27)34-31(24-41-28-12-6-3-7-13-28)37-36(38-34)26-22-32(42-29-14-8-4-9-15-29)35(40)33(23-26)43-30-16-10-5-11-17-30/h3-23,40H,24H2,1-2H3,(H,37,38). The second-order valence-corrected chi connectivity index (χ2v) is 10.1. The number of aromatic amines is 1. The number of aromatic hydroxyl groups is 1. The Kier molecular flexibility index (Phi) is 7.95. The first kappa shape index (κ1) is 27.5. The average molecular weight is 570 g/mol. The molecule has 0 unspecified atom stereocenters. The number of phenols is 1. The highest BCUT2D eigenvalue weighted by Crippen LogP contribution is 2.44. The molecule has 0 bridgehead atoms. The second kappa shape index (κ2) is 12.4. The zero-order chi connectivity index (χ0) is 29.6. The Hall–Kier alpha value is -5.69. The SMILES string of the molecule is CN(C)c1ccc(-c2[nH]c(-c3cc(Oc4ccccc4)c(O)c(Oc4ccccc4)c3)nc2COc2ccccc2)cc1. The van der Waals surface area contributed by atoms with Gasteiger partial charge in [0.1, 0.15) is 35.4 Å². The van der Waals surface area contributed by atoms with Gasteiger partial charge in [0.2, 0.25) is 5.75 Å². The van der Waals surface area contributed by atoms with Crippen LogP contribution < -0.4 is 19.1 Å². The van der Waals surface area contributed by atoms with Gasteiger partial charge in [0.05, 0.1) is 5.69 Å². The van der Waals surface area contributed by atoms with Crippen molar-refractivity contribution in [3.8, 4) is 57.1 Å². The van der Waals surface area contributed by atoms with E-state index >= 15 is 0 Å². The Morgan fingerprint density at radius 1 is 0.651 bits per heavy atom. The van der Waals surface area contributed by atoms with Crippen molar-refractivity contribution in [1.29, 1.82) is 0 Å². The number of benzene rings is 5. The van der Waals surface area contributed by atoms with E-state index in [4.69, 9.17) is 19.2 Å². The Morgan fingerprint density at radius 3 is 1.67 bits per heavy atom. The fraction of sp³-hybridized carbons (Fsp3) is 0.0833. The van der Waals surface area contributed by atoms with E-state index in [1.807, 2.05) is 105 Å². The quantitative estimate of drug-likeness (QED) is 0.172. The highest BCUT2D eigenvalue weighted by atomic mass is 16.5. The van der Waals surface area contributed by atoms with Crippen LogP contribution in [-0.4, -0.2) is 29.2 Å². The summed E-state index contributed by atoms with van der Waals surface area (Å²) in [6.45, 7) is 0.254. The van der Waals surface area contributed by atoms with Gasteiger partial charge in [-0.1, -0.05) is 66.7 Å². The molecule has 0 aliphatic heterocycles. The third-order valence-corrected chi connectivity index (χ3v) is 6.83. The molecule has 0 saturated heterocycles. The van der Waals surface area contributed by atoms with Gasteiger partial charge in [-0.2, -0.15) is 0 Å². The van der Waals surface area contributed by atoms with Crippen molar-refractivity contribution in [1.82, 2.24) is 9.97 Å². The number of hydrogen-bond donors (Lipinski definition) is 2. The lowest BCUT2D eigenvalue weighted by Gasteiger charge is -2.14. The molecule has 7 heteroatoms. The largest absolute Gasteiger partial charge is 0.502 e. The van der Waals surface area contributed by atoms with Crippen LogP contribution in [0.3, 0.4) is 0 Å². The third kappa shape index (κ3) is 6.47. The molecular formula is C36H31N3O4. The fourth-order valence-electron chi connectivity index (χ4n) is 4.59. The van der Waals surface area contributed by atoms with E-state index in [1.165, 1.54) is 0 Å². The molecule has 43 heavy (non-hydrogen) atoms. The molecule has 0 atom stereocenters. The maximum atomic E-state index is 11.2. The van der Waals surface area contributed by atoms with Crippen molar-refractivity contribution in [2.24, 2.45) is 0 Å². The normalized spacial score (nSPS) is 10.7. The van der Waals surface area contributed by atoms with E-state index in [0.29, 0.717) is 22.9 Å². The summed E-state index contributed by atoms with van der Waals surface area (Å²) in [5.41, 5.74) is 4.30. The third-order valence-electron chi connectivity index (χ3n) is 6.83. The number of nitrogens with one attached hydrogen (secondary N) is 1.